The number of hydrogen-bond acceptors (Lipinski definition) is 6. The van der Waals surface area contributed by atoms with Crippen LogP contribution in [0.3, 0.4) is 0 Å². The average Bonchev–Trinajstić information content (AvgIpc) is 3.43. The van der Waals surface area contributed by atoms with Gasteiger partial charge in [-0.05, 0) is 49.2 Å². The Balaban J connectivity index is 1.36. The first kappa shape index (κ1) is 19.4. The molecule has 0 spiro atoms. The Hall–Kier alpha value is -2.97. The number of furan rings is 1. The third-order valence-electron chi connectivity index (χ3n) is 4.91. The van der Waals surface area contributed by atoms with Crippen molar-refractivity contribution < 1.29 is 14.0 Å². The van der Waals surface area contributed by atoms with E-state index < -0.39 is 0 Å². The summed E-state index contributed by atoms with van der Waals surface area (Å²) in [7, 11) is 0. The smallest absolute Gasteiger partial charge is 0.234 e. The molecule has 1 atom stereocenters. The standard InChI is InChI=1S/C21H22N4O3S/c22-20(27)17-6-2-8-25(17)12-14-4-1-5-15(10-14)23-19(26)11-16-13-29-21(24-16)18-7-3-9-28-18/h1,3-5,7,9-10,13,17H,2,6,8,11-12H2,(H2,22,27)(H,23,26). The van der Waals surface area contributed by atoms with Gasteiger partial charge in [-0.3, -0.25) is 14.5 Å². The van der Waals surface area contributed by atoms with Crippen molar-refractivity contribution in [2.45, 2.75) is 31.8 Å². The lowest BCUT2D eigenvalue weighted by molar-refractivity contribution is -0.122. The molecule has 2 amide bonds. The molecule has 3 aromatic rings. The molecule has 1 unspecified atom stereocenters. The predicted molar refractivity (Wildman–Crippen MR) is 111 cm³/mol. The summed E-state index contributed by atoms with van der Waals surface area (Å²) in [6.07, 6.45) is 3.57. The Morgan fingerprint density at radius 3 is 3.00 bits per heavy atom. The molecule has 150 valence electrons. The Morgan fingerprint density at radius 1 is 1.31 bits per heavy atom. The lowest BCUT2D eigenvalue weighted by atomic mass is 10.1. The van der Waals surface area contributed by atoms with E-state index in [1.54, 1.807) is 6.26 Å². The number of thiazole rings is 1. The second kappa shape index (κ2) is 8.59. The van der Waals surface area contributed by atoms with Gasteiger partial charge in [-0.25, -0.2) is 4.98 Å². The van der Waals surface area contributed by atoms with Gasteiger partial charge in [-0.15, -0.1) is 11.3 Å². The number of aromatic nitrogens is 1. The molecule has 1 fully saturated rings. The second-order valence-corrected chi connectivity index (χ2v) is 7.94. The van der Waals surface area contributed by atoms with Crippen molar-refractivity contribution in [3.05, 3.63) is 59.3 Å². The molecule has 1 aliphatic rings. The molecule has 0 radical (unpaired) electrons. The van der Waals surface area contributed by atoms with Crippen LogP contribution < -0.4 is 11.1 Å². The van der Waals surface area contributed by atoms with Crippen molar-refractivity contribution >= 4 is 28.8 Å². The summed E-state index contributed by atoms with van der Waals surface area (Å²) in [5, 5.41) is 5.55. The molecular weight excluding hydrogens is 388 g/mol. The van der Waals surface area contributed by atoms with Crippen LogP contribution in [-0.4, -0.2) is 34.3 Å². The van der Waals surface area contributed by atoms with E-state index >= 15 is 0 Å². The van der Waals surface area contributed by atoms with Crippen LogP contribution in [0.1, 0.15) is 24.1 Å². The number of nitrogens with two attached hydrogens (primary N) is 1. The molecule has 4 rings (SSSR count). The minimum absolute atomic E-state index is 0.130. The quantitative estimate of drug-likeness (QED) is 0.623. The summed E-state index contributed by atoms with van der Waals surface area (Å²) in [5.74, 6) is 0.296. The zero-order valence-corrected chi connectivity index (χ0v) is 16.7. The largest absolute Gasteiger partial charge is 0.462 e. The van der Waals surface area contributed by atoms with Crippen molar-refractivity contribution in [1.29, 1.82) is 0 Å². The molecule has 0 bridgehead atoms. The van der Waals surface area contributed by atoms with Gasteiger partial charge in [-0.1, -0.05) is 12.1 Å². The minimum Gasteiger partial charge on any atom is -0.462 e. The van der Waals surface area contributed by atoms with E-state index in [2.05, 4.69) is 15.2 Å². The first-order chi connectivity index (χ1) is 14.1. The summed E-state index contributed by atoms with van der Waals surface area (Å²) < 4.78 is 5.34. The van der Waals surface area contributed by atoms with Gasteiger partial charge >= 0.3 is 0 Å². The molecule has 0 aliphatic carbocycles. The molecule has 1 aliphatic heterocycles. The maximum atomic E-state index is 12.4. The molecule has 0 saturated carbocycles. The van der Waals surface area contributed by atoms with Crippen molar-refractivity contribution in [2.24, 2.45) is 5.73 Å². The SMILES string of the molecule is NC(=O)C1CCCN1Cc1cccc(NC(=O)Cc2csc(-c3ccco3)n2)c1. The van der Waals surface area contributed by atoms with E-state index in [4.69, 9.17) is 10.2 Å². The number of primary amides is 1. The van der Waals surface area contributed by atoms with Crippen molar-refractivity contribution in [1.82, 2.24) is 9.88 Å². The number of nitrogens with one attached hydrogen (secondary N) is 1. The van der Waals surface area contributed by atoms with E-state index in [0.717, 1.165) is 35.6 Å². The Morgan fingerprint density at radius 2 is 2.21 bits per heavy atom. The van der Waals surface area contributed by atoms with Gasteiger partial charge in [0.15, 0.2) is 10.8 Å². The van der Waals surface area contributed by atoms with E-state index in [1.165, 1.54) is 11.3 Å². The number of likely N-dealkylation sites (tertiary alicyclic amines) is 1. The Kier molecular flexibility index (Phi) is 5.73. The number of hydrogen-bond donors (Lipinski definition) is 2. The summed E-state index contributed by atoms with van der Waals surface area (Å²) >= 11 is 1.45. The van der Waals surface area contributed by atoms with Crippen molar-refractivity contribution in [3.63, 3.8) is 0 Å². The number of rotatable bonds is 7. The van der Waals surface area contributed by atoms with Gasteiger partial charge in [-0.2, -0.15) is 0 Å². The fourth-order valence-electron chi connectivity index (χ4n) is 3.59. The van der Waals surface area contributed by atoms with Crippen LogP contribution in [0, 0.1) is 0 Å². The second-order valence-electron chi connectivity index (χ2n) is 7.08. The van der Waals surface area contributed by atoms with E-state index in [9.17, 15) is 9.59 Å². The fourth-order valence-corrected chi connectivity index (χ4v) is 4.38. The van der Waals surface area contributed by atoms with E-state index in [1.807, 2.05) is 41.8 Å². The number of nitrogens with zero attached hydrogens (tertiary/aromatic N) is 2. The predicted octanol–water partition coefficient (Wildman–Crippen LogP) is 3.03. The third-order valence-corrected chi connectivity index (χ3v) is 5.82. The number of anilines is 1. The molecule has 1 saturated heterocycles. The van der Waals surface area contributed by atoms with E-state index in [-0.39, 0.29) is 24.3 Å². The topological polar surface area (TPSA) is 101 Å². The van der Waals surface area contributed by atoms with Gasteiger partial charge in [0.1, 0.15) is 0 Å². The maximum Gasteiger partial charge on any atom is 0.234 e. The maximum absolute atomic E-state index is 12.4. The lowest BCUT2D eigenvalue weighted by Gasteiger charge is -2.22. The zero-order valence-electron chi connectivity index (χ0n) is 15.8. The summed E-state index contributed by atoms with van der Waals surface area (Å²) in [4.78, 5) is 30.6. The first-order valence-electron chi connectivity index (χ1n) is 9.49. The van der Waals surface area contributed by atoms with Crippen LogP contribution in [0.15, 0.2) is 52.5 Å². The highest BCUT2D eigenvalue weighted by Crippen LogP contribution is 2.24. The molecule has 3 N–H and O–H groups in total. The van der Waals surface area contributed by atoms with Crippen molar-refractivity contribution in [2.75, 3.05) is 11.9 Å². The number of benzene rings is 1. The highest BCUT2D eigenvalue weighted by molar-refractivity contribution is 7.13. The van der Waals surface area contributed by atoms with Crippen LogP contribution in [0.5, 0.6) is 0 Å². The zero-order chi connectivity index (χ0) is 20.2. The monoisotopic (exact) mass is 410 g/mol. The van der Waals surface area contributed by atoms with E-state index in [0.29, 0.717) is 18.0 Å². The summed E-state index contributed by atoms with van der Waals surface area (Å²) in [6, 6.07) is 11.1. The van der Waals surface area contributed by atoms with Gasteiger partial charge in [0.05, 0.1) is 24.4 Å². The number of amides is 2. The molecule has 8 heteroatoms. The Bertz CT molecular complexity index is 999. The van der Waals surface area contributed by atoms with Crippen LogP contribution >= 0.6 is 11.3 Å². The van der Waals surface area contributed by atoms with Crippen LogP contribution in [0.4, 0.5) is 5.69 Å². The lowest BCUT2D eigenvalue weighted by Crippen LogP contribution is -2.39. The van der Waals surface area contributed by atoms with Crippen molar-refractivity contribution in [3.8, 4) is 10.8 Å². The molecular formula is C21H22N4O3S. The molecule has 29 heavy (non-hydrogen) atoms. The Labute approximate surface area is 172 Å². The van der Waals surface area contributed by atoms with Gasteiger partial charge in [0, 0.05) is 17.6 Å². The third kappa shape index (κ3) is 4.72. The number of carbonyl (C=O) groups is 2. The van der Waals surface area contributed by atoms with Crippen LogP contribution in [-0.2, 0) is 22.6 Å². The molecule has 2 aromatic heterocycles. The normalized spacial score (nSPS) is 16.8. The molecule has 7 nitrogen and oxygen atoms in total. The first-order valence-corrected chi connectivity index (χ1v) is 10.4. The highest BCUT2D eigenvalue weighted by atomic mass is 32.1. The van der Waals surface area contributed by atoms with Crippen LogP contribution in [0.25, 0.3) is 10.8 Å². The van der Waals surface area contributed by atoms with Gasteiger partial charge < -0.3 is 15.5 Å². The van der Waals surface area contributed by atoms with Crippen LogP contribution in [0.2, 0.25) is 0 Å². The van der Waals surface area contributed by atoms with Gasteiger partial charge in [0.25, 0.3) is 0 Å². The van der Waals surface area contributed by atoms with Gasteiger partial charge in [0.2, 0.25) is 11.8 Å². The molecule has 1 aromatic carbocycles. The summed E-state index contributed by atoms with van der Waals surface area (Å²) in [5.41, 5.74) is 7.96. The highest BCUT2D eigenvalue weighted by Gasteiger charge is 2.28. The average molecular weight is 410 g/mol. The molecule has 3 heterocycles. The number of carbonyl (C=O) groups excluding carboxylic acids is 2. The fraction of sp³-hybridized carbons (Fsp3) is 0.286. The summed E-state index contributed by atoms with van der Waals surface area (Å²) in [6.45, 7) is 1.49. The minimum atomic E-state index is -0.274.